The minimum atomic E-state index is -0.352. The zero-order valence-corrected chi connectivity index (χ0v) is 13.9. The predicted molar refractivity (Wildman–Crippen MR) is 86.9 cm³/mol. The fraction of sp³-hybridized carbons (Fsp3) is 0. The second-order valence-corrected chi connectivity index (χ2v) is 5.87. The van der Waals surface area contributed by atoms with Crippen molar-refractivity contribution in [2.45, 2.75) is 0 Å². The van der Waals surface area contributed by atoms with Gasteiger partial charge in [0.25, 0.3) is 5.91 Å². The van der Waals surface area contributed by atoms with Gasteiger partial charge in [0.15, 0.2) is 5.82 Å². The molecule has 0 radical (unpaired) electrons. The van der Waals surface area contributed by atoms with Crippen LogP contribution in [-0.4, -0.2) is 10.9 Å². The van der Waals surface area contributed by atoms with Crippen LogP contribution in [0.5, 0.6) is 0 Å². The topological polar surface area (TPSA) is 80.0 Å². The number of hydrazine groups is 1. The van der Waals surface area contributed by atoms with E-state index in [9.17, 15) is 4.79 Å². The summed E-state index contributed by atoms with van der Waals surface area (Å²) in [6, 6.07) is 6.81. The highest BCUT2D eigenvalue weighted by Crippen LogP contribution is 2.30. The molecular formula is C12H9Br2ClN4O. The summed E-state index contributed by atoms with van der Waals surface area (Å²) < 4.78 is 1.28. The third kappa shape index (κ3) is 3.29. The zero-order chi connectivity index (χ0) is 14.7. The van der Waals surface area contributed by atoms with Crippen molar-refractivity contribution in [2.24, 2.45) is 5.84 Å². The van der Waals surface area contributed by atoms with Crippen LogP contribution in [0.2, 0.25) is 5.02 Å². The summed E-state index contributed by atoms with van der Waals surface area (Å²) in [6.45, 7) is 0. The van der Waals surface area contributed by atoms with Crippen LogP contribution in [-0.2, 0) is 0 Å². The van der Waals surface area contributed by atoms with Gasteiger partial charge in [-0.3, -0.25) is 4.79 Å². The number of aromatic nitrogens is 1. The van der Waals surface area contributed by atoms with Crippen molar-refractivity contribution in [3.63, 3.8) is 0 Å². The molecule has 1 aromatic carbocycles. The smallest absolute Gasteiger partial charge is 0.259 e. The second kappa shape index (κ2) is 6.53. The predicted octanol–water partition coefficient (Wildman–Crippen LogP) is 3.80. The lowest BCUT2D eigenvalue weighted by atomic mass is 10.2. The van der Waals surface area contributed by atoms with Gasteiger partial charge in [-0.05, 0) is 50.1 Å². The van der Waals surface area contributed by atoms with Gasteiger partial charge in [0.1, 0.15) is 0 Å². The Morgan fingerprint density at radius 2 is 2.10 bits per heavy atom. The highest BCUT2D eigenvalue weighted by molar-refractivity contribution is 9.11. The number of hydrogen-bond acceptors (Lipinski definition) is 4. The number of nitrogens with two attached hydrogens (primary N) is 1. The quantitative estimate of drug-likeness (QED) is 0.521. The van der Waals surface area contributed by atoms with Crippen molar-refractivity contribution in [1.29, 1.82) is 0 Å². The number of amides is 1. The molecule has 1 heterocycles. The Bertz CT molecular complexity index is 666. The van der Waals surface area contributed by atoms with Crippen LogP contribution in [0.1, 0.15) is 10.4 Å². The minimum Gasteiger partial charge on any atom is -0.321 e. The number of nitrogens with one attached hydrogen (secondary N) is 2. The Morgan fingerprint density at radius 3 is 2.80 bits per heavy atom. The molecule has 0 bridgehead atoms. The van der Waals surface area contributed by atoms with Crippen molar-refractivity contribution >= 4 is 60.9 Å². The average Bonchev–Trinajstić information content (AvgIpc) is 2.43. The van der Waals surface area contributed by atoms with Gasteiger partial charge < -0.3 is 10.7 Å². The fourth-order valence-electron chi connectivity index (χ4n) is 1.52. The maximum absolute atomic E-state index is 12.3. The molecule has 8 heteroatoms. The van der Waals surface area contributed by atoms with E-state index in [4.69, 9.17) is 17.4 Å². The molecule has 0 aliphatic heterocycles. The van der Waals surface area contributed by atoms with E-state index in [1.165, 1.54) is 0 Å². The Hall–Kier alpha value is -1.15. The first-order valence-electron chi connectivity index (χ1n) is 5.40. The Kier molecular flexibility index (Phi) is 4.98. The van der Waals surface area contributed by atoms with Crippen LogP contribution >= 0.6 is 43.5 Å². The van der Waals surface area contributed by atoms with Crippen LogP contribution in [0.3, 0.4) is 0 Å². The fourth-order valence-corrected chi connectivity index (χ4v) is 2.39. The van der Waals surface area contributed by atoms with Crippen molar-refractivity contribution < 1.29 is 4.79 Å². The molecule has 0 unspecified atom stereocenters. The van der Waals surface area contributed by atoms with E-state index in [0.29, 0.717) is 25.2 Å². The first-order valence-corrected chi connectivity index (χ1v) is 7.37. The second-order valence-electron chi connectivity index (χ2n) is 3.75. The highest BCUT2D eigenvalue weighted by Gasteiger charge is 2.15. The SMILES string of the molecule is NNc1ncc(Br)cc1C(=O)Nc1cccc(Cl)c1Br. The first kappa shape index (κ1) is 15.2. The number of carbonyl (C=O) groups excluding carboxylic acids is 1. The lowest BCUT2D eigenvalue weighted by molar-refractivity contribution is 0.102. The standard InChI is InChI=1S/C12H9Br2ClN4O/c13-6-4-7(11(19-16)17-5-6)12(20)18-9-3-1-2-8(15)10(9)14/h1-5H,16H2,(H,17,19)(H,18,20). The van der Waals surface area contributed by atoms with Crippen LogP contribution in [0.4, 0.5) is 11.5 Å². The number of benzene rings is 1. The molecule has 0 saturated carbocycles. The maximum atomic E-state index is 12.3. The van der Waals surface area contributed by atoms with Crippen molar-refractivity contribution in [2.75, 3.05) is 10.7 Å². The molecule has 0 fully saturated rings. The number of pyridine rings is 1. The van der Waals surface area contributed by atoms with E-state index in [1.54, 1.807) is 30.5 Å². The van der Waals surface area contributed by atoms with Gasteiger partial charge in [0.2, 0.25) is 0 Å². The first-order chi connectivity index (χ1) is 9.52. The number of nitrogen functional groups attached to an aromatic ring is 1. The van der Waals surface area contributed by atoms with Gasteiger partial charge in [0, 0.05) is 10.7 Å². The number of hydrogen-bond donors (Lipinski definition) is 3. The third-order valence-electron chi connectivity index (χ3n) is 2.44. The molecular weight excluding hydrogens is 411 g/mol. The molecule has 104 valence electrons. The molecule has 4 N–H and O–H groups in total. The molecule has 1 amide bonds. The van der Waals surface area contributed by atoms with E-state index in [2.05, 4.69) is 47.6 Å². The van der Waals surface area contributed by atoms with Crippen LogP contribution in [0.15, 0.2) is 39.4 Å². The van der Waals surface area contributed by atoms with E-state index in [1.807, 2.05) is 0 Å². The number of carbonyl (C=O) groups is 1. The molecule has 1 aromatic heterocycles. The zero-order valence-electron chi connectivity index (χ0n) is 9.95. The summed E-state index contributed by atoms with van der Waals surface area (Å²) in [5, 5.41) is 3.25. The number of halogens is 3. The van der Waals surface area contributed by atoms with Gasteiger partial charge in [0.05, 0.1) is 20.7 Å². The average molecular weight is 420 g/mol. The Labute approximate surface area is 137 Å². The van der Waals surface area contributed by atoms with Crippen LogP contribution in [0, 0.1) is 0 Å². The molecule has 2 aromatic rings. The molecule has 0 atom stereocenters. The van der Waals surface area contributed by atoms with Gasteiger partial charge in [-0.15, -0.1) is 0 Å². The number of rotatable bonds is 3. The van der Waals surface area contributed by atoms with Crippen molar-refractivity contribution in [3.8, 4) is 0 Å². The lowest BCUT2D eigenvalue weighted by Crippen LogP contribution is -2.18. The van der Waals surface area contributed by atoms with E-state index in [0.717, 1.165) is 0 Å². The molecule has 0 aliphatic rings. The summed E-state index contributed by atoms with van der Waals surface area (Å²) in [5.74, 6) is 5.28. The Morgan fingerprint density at radius 1 is 1.35 bits per heavy atom. The Balaban J connectivity index is 2.33. The van der Waals surface area contributed by atoms with E-state index >= 15 is 0 Å². The lowest BCUT2D eigenvalue weighted by Gasteiger charge is -2.11. The van der Waals surface area contributed by atoms with Crippen LogP contribution in [0.25, 0.3) is 0 Å². The molecule has 0 spiro atoms. The summed E-state index contributed by atoms with van der Waals surface area (Å²) in [6.07, 6.45) is 1.54. The largest absolute Gasteiger partial charge is 0.321 e. The maximum Gasteiger partial charge on any atom is 0.259 e. The summed E-state index contributed by atoms with van der Waals surface area (Å²) in [7, 11) is 0. The van der Waals surface area contributed by atoms with E-state index < -0.39 is 0 Å². The van der Waals surface area contributed by atoms with Crippen molar-refractivity contribution in [3.05, 3.63) is 50.0 Å². The molecule has 2 rings (SSSR count). The number of anilines is 2. The molecule has 0 aliphatic carbocycles. The highest BCUT2D eigenvalue weighted by atomic mass is 79.9. The monoisotopic (exact) mass is 418 g/mol. The van der Waals surface area contributed by atoms with Gasteiger partial charge in [-0.1, -0.05) is 17.7 Å². The third-order valence-corrected chi connectivity index (χ3v) is 4.27. The van der Waals surface area contributed by atoms with E-state index in [-0.39, 0.29) is 11.7 Å². The van der Waals surface area contributed by atoms with Gasteiger partial charge >= 0.3 is 0 Å². The van der Waals surface area contributed by atoms with Crippen molar-refractivity contribution in [1.82, 2.24) is 4.98 Å². The number of nitrogens with zero attached hydrogens (tertiary/aromatic N) is 1. The molecule has 0 saturated heterocycles. The molecule has 20 heavy (non-hydrogen) atoms. The summed E-state index contributed by atoms with van der Waals surface area (Å²) in [5.41, 5.74) is 3.26. The summed E-state index contributed by atoms with van der Waals surface area (Å²) in [4.78, 5) is 16.3. The van der Waals surface area contributed by atoms with Gasteiger partial charge in [-0.2, -0.15) is 0 Å². The molecule has 5 nitrogen and oxygen atoms in total. The normalized spacial score (nSPS) is 10.2. The summed E-state index contributed by atoms with van der Waals surface area (Å²) >= 11 is 12.6. The minimum absolute atomic E-state index is 0.281. The van der Waals surface area contributed by atoms with Gasteiger partial charge in [-0.25, -0.2) is 10.8 Å². The van der Waals surface area contributed by atoms with Crippen LogP contribution < -0.4 is 16.6 Å².